The highest BCUT2D eigenvalue weighted by Gasteiger charge is 2.34. The quantitative estimate of drug-likeness (QED) is 0.566. The molecule has 3 rings (SSSR count). The molecular weight excluding hydrogens is 172 g/mol. The van der Waals surface area contributed by atoms with Crippen LogP contribution in [0, 0.1) is 5.92 Å². The van der Waals surface area contributed by atoms with E-state index in [1.807, 2.05) is 6.07 Å². The SMILES string of the molecule is O=C1C2C=CCC1c1ccccc1C2. The number of Topliss-reactive ketones (excluding diaryl/α,β-unsaturated/α-hetero) is 1. The summed E-state index contributed by atoms with van der Waals surface area (Å²) in [6.45, 7) is 0. The van der Waals surface area contributed by atoms with Crippen LogP contribution in [0.1, 0.15) is 23.5 Å². The molecule has 1 nitrogen and oxygen atoms in total. The molecule has 0 aliphatic heterocycles. The van der Waals surface area contributed by atoms with Crippen LogP contribution in [0.2, 0.25) is 0 Å². The van der Waals surface area contributed by atoms with Crippen LogP contribution in [0.25, 0.3) is 0 Å². The van der Waals surface area contributed by atoms with Crippen molar-refractivity contribution in [1.82, 2.24) is 0 Å². The standard InChI is InChI=1S/C13H12O/c14-13-10-5-3-7-12(13)11-6-2-1-4-9(11)8-10/h1-6,10,12H,7-8H2. The molecule has 2 aliphatic rings. The molecule has 1 aromatic rings. The van der Waals surface area contributed by atoms with E-state index in [1.165, 1.54) is 11.1 Å². The largest absolute Gasteiger partial charge is 0.298 e. The van der Waals surface area contributed by atoms with Crippen molar-refractivity contribution >= 4 is 5.78 Å². The predicted molar refractivity (Wildman–Crippen MR) is 55.1 cm³/mol. The molecule has 0 heterocycles. The van der Waals surface area contributed by atoms with E-state index in [-0.39, 0.29) is 11.8 Å². The van der Waals surface area contributed by atoms with E-state index in [2.05, 4.69) is 30.4 Å². The molecule has 2 bridgehead atoms. The van der Waals surface area contributed by atoms with Crippen molar-refractivity contribution in [2.45, 2.75) is 18.8 Å². The van der Waals surface area contributed by atoms with Crippen LogP contribution in [0.4, 0.5) is 0 Å². The van der Waals surface area contributed by atoms with Crippen molar-refractivity contribution in [3.63, 3.8) is 0 Å². The molecule has 70 valence electrons. The van der Waals surface area contributed by atoms with Gasteiger partial charge < -0.3 is 0 Å². The number of fused-ring (bicyclic) bond motifs is 4. The molecule has 1 aromatic carbocycles. The van der Waals surface area contributed by atoms with Crippen LogP contribution in [0.15, 0.2) is 36.4 Å². The van der Waals surface area contributed by atoms with E-state index in [1.54, 1.807) is 0 Å². The second-order valence-corrected chi connectivity index (χ2v) is 4.13. The normalized spacial score (nSPS) is 28.7. The summed E-state index contributed by atoms with van der Waals surface area (Å²) in [5.74, 6) is 0.727. The Bertz CT molecular complexity index is 417. The second-order valence-electron chi connectivity index (χ2n) is 4.13. The first kappa shape index (κ1) is 7.98. The minimum atomic E-state index is 0.148. The van der Waals surface area contributed by atoms with Crippen molar-refractivity contribution < 1.29 is 4.79 Å². The Morgan fingerprint density at radius 1 is 1.21 bits per heavy atom. The third-order valence-corrected chi connectivity index (χ3v) is 3.32. The summed E-state index contributed by atoms with van der Waals surface area (Å²) >= 11 is 0. The summed E-state index contributed by atoms with van der Waals surface area (Å²) in [6.07, 6.45) is 6.04. The van der Waals surface area contributed by atoms with E-state index in [0.29, 0.717) is 5.78 Å². The number of rotatable bonds is 0. The Morgan fingerprint density at radius 2 is 2.07 bits per heavy atom. The van der Waals surface area contributed by atoms with Gasteiger partial charge in [-0.05, 0) is 24.0 Å². The van der Waals surface area contributed by atoms with E-state index in [0.717, 1.165) is 12.8 Å². The van der Waals surface area contributed by atoms with Crippen LogP contribution in [0.5, 0.6) is 0 Å². The maximum absolute atomic E-state index is 11.9. The Hall–Kier alpha value is -1.37. The first-order valence-corrected chi connectivity index (χ1v) is 5.14. The van der Waals surface area contributed by atoms with Crippen molar-refractivity contribution in [3.8, 4) is 0 Å². The highest BCUT2D eigenvalue weighted by Crippen LogP contribution is 2.37. The zero-order valence-electron chi connectivity index (χ0n) is 7.94. The smallest absolute Gasteiger partial charge is 0.147 e. The van der Waals surface area contributed by atoms with Crippen LogP contribution in [-0.4, -0.2) is 5.78 Å². The van der Waals surface area contributed by atoms with Crippen LogP contribution in [-0.2, 0) is 11.2 Å². The van der Waals surface area contributed by atoms with Gasteiger partial charge in [0.05, 0.1) is 0 Å². The maximum Gasteiger partial charge on any atom is 0.147 e. The van der Waals surface area contributed by atoms with E-state index >= 15 is 0 Å². The van der Waals surface area contributed by atoms with Gasteiger partial charge >= 0.3 is 0 Å². The molecule has 2 aliphatic carbocycles. The van der Waals surface area contributed by atoms with Gasteiger partial charge in [-0.15, -0.1) is 0 Å². The number of allylic oxidation sites excluding steroid dienone is 2. The third kappa shape index (κ3) is 0.985. The summed E-state index contributed by atoms with van der Waals surface area (Å²) in [7, 11) is 0. The van der Waals surface area contributed by atoms with Crippen LogP contribution >= 0.6 is 0 Å². The summed E-state index contributed by atoms with van der Waals surface area (Å²) in [6, 6.07) is 8.35. The number of carbonyl (C=O) groups is 1. The topological polar surface area (TPSA) is 17.1 Å². The van der Waals surface area contributed by atoms with Crippen molar-refractivity contribution in [1.29, 1.82) is 0 Å². The van der Waals surface area contributed by atoms with Gasteiger partial charge in [-0.25, -0.2) is 0 Å². The monoisotopic (exact) mass is 184 g/mol. The average molecular weight is 184 g/mol. The first-order valence-electron chi connectivity index (χ1n) is 5.14. The Balaban J connectivity index is 2.17. The summed E-state index contributed by atoms with van der Waals surface area (Å²) in [5, 5.41) is 0. The molecule has 0 radical (unpaired) electrons. The molecule has 2 atom stereocenters. The lowest BCUT2D eigenvalue weighted by atomic mass is 9.71. The number of hydrogen-bond acceptors (Lipinski definition) is 1. The second kappa shape index (κ2) is 2.81. The van der Waals surface area contributed by atoms with Gasteiger partial charge in [0, 0.05) is 11.8 Å². The first-order chi connectivity index (χ1) is 6.86. The summed E-state index contributed by atoms with van der Waals surface area (Å²) in [4.78, 5) is 11.9. The van der Waals surface area contributed by atoms with Gasteiger partial charge in [0.2, 0.25) is 0 Å². The Kier molecular flexibility index (Phi) is 1.60. The predicted octanol–water partition coefficient (Wildman–Crippen LogP) is 2.47. The number of ketones is 1. The van der Waals surface area contributed by atoms with Gasteiger partial charge in [-0.2, -0.15) is 0 Å². The molecule has 0 fully saturated rings. The Morgan fingerprint density at radius 3 is 3.00 bits per heavy atom. The van der Waals surface area contributed by atoms with Crippen molar-refractivity contribution in [2.75, 3.05) is 0 Å². The van der Waals surface area contributed by atoms with E-state index in [4.69, 9.17) is 0 Å². The maximum atomic E-state index is 11.9. The lowest BCUT2D eigenvalue weighted by Crippen LogP contribution is -2.30. The van der Waals surface area contributed by atoms with E-state index < -0.39 is 0 Å². The van der Waals surface area contributed by atoms with Gasteiger partial charge in [0.25, 0.3) is 0 Å². The van der Waals surface area contributed by atoms with Gasteiger partial charge in [-0.3, -0.25) is 4.79 Å². The summed E-state index contributed by atoms with van der Waals surface area (Å²) < 4.78 is 0. The fraction of sp³-hybridized carbons (Fsp3) is 0.308. The van der Waals surface area contributed by atoms with Crippen LogP contribution < -0.4 is 0 Å². The molecule has 0 saturated heterocycles. The molecule has 1 heteroatoms. The van der Waals surface area contributed by atoms with Gasteiger partial charge in [0.15, 0.2) is 0 Å². The van der Waals surface area contributed by atoms with E-state index in [9.17, 15) is 4.79 Å². The van der Waals surface area contributed by atoms with Crippen LogP contribution in [0.3, 0.4) is 0 Å². The molecule has 2 unspecified atom stereocenters. The fourth-order valence-corrected chi connectivity index (χ4v) is 2.59. The van der Waals surface area contributed by atoms with Gasteiger partial charge in [-0.1, -0.05) is 36.4 Å². The minimum absolute atomic E-state index is 0.148. The number of hydrogen-bond donors (Lipinski definition) is 0. The van der Waals surface area contributed by atoms with Crippen molar-refractivity contribution in [3.05, 3.63) is 47.5 Å². The minimum Gasteiger partial charge on any atom is -0.298 e. The Labute approximate surface area is 83.4 Å². The molecule has 14 heavy (non-hydrogen) atoms. The molecule has 0 aromatic heterocycles. The highest BCUT2D eigenvalue weighted by molar-refractivity contribution is 5.92. The lowest BCUT2D eigenvalue weighted by Gasteiger charge is -2.31. The molecule has 0 N–H and O–H groups in total. The van der Waals surface area contributed by atoms with Gasteiger partial charge in [0.1, 0.15) is 5.78 Å². The lowest BCUT2D eigenvalue weighted by molar-refractivity contribution is -0.123. The molecule has 0 spiro atoms. The molecular formula is C13H12O. The third-order valence-electron chi connectivity index (χ3n) is 3.32. The summed E-state index contributed by atoms with van der Waals surface area (Å²) in [5.41, 5.74) is 2.63. The average Bonchev–Trinajstić information content (AvgIpc) is 2.18. The molecule has 0 amide bonds. The zero-order valence-corrected chi connectivity index (χ0v) is 7.94. The number of carbonyl (C=O) groups excluding carboxylic acids is 1. The fourth-order valence-electron chi connectivity index (χ4n) is 2.59. The molecule has 0 saturated carbocycles. The van der Waals surface area contributed by atoms with Crippen molar-refractivity contribution in [2.24, 2.45) is 5.92 Å². The highest BCUT2D eigenvalue weighted by atomic mass is 16.1. The zero-order chi connectivity index (χ0) is 9.54. The number of benzene rings is 1.